The van der Waals surface area contributed by atoms with E-state index in [9.17, 15) is 5.26 Å². The summed E-state index contributed by atoms with van der Waals surface area (Å²) in [6.45, 7) is 3.99. The maximum absolute atomic E-state index is 9.18. The Hall–Kier alpha value is -1.23. The summed E-state index contributed by atoms with van der Waals surface area (Å²) in [5.41, 5.74) is 3.12. The molecule has 34 heavy (non-hydrogen) atoms. The molecule has 1 aromatic heterocycles. The van der Waals surface area contributed by atoms with Gasteiger partial charge in [0, 0.05) is 50.7 Å². The van der Waals surface area contributed by atoms with Gasteiger partial charge in [-0.25, -0.2) is 4.68 Å². The van der Waals surface area contributed by atoms with E-state index < -0.39 is 0 Å². The van der Waals surface area contributed by atoms with E-state index in [-0.39, 0.29) is 51.8 Å². The molecule has 0 amide bonds. The molecule has 5 nitrogen and oxygen atoms in total. The number of fused-ring (bicyclic) bond motifs is 1. The topological polar surface area (TPSA) is 56.9 Å². The summed E-state index contributed by atoms with van der Waals surface area (Å²) in [6.07, 6.45) is 6.59. The predicted molar refractivity (Wildman–Crippen MR) is 143 cm³/mol. The monoisotopic (exact) mass is 850 g/mol. The molecule has 0 radical (unpaired) electrons. The van der Waals surface area contributed by atoms with E-state index in [0.29, 0.717) is 5.92 Å². The van der Waals surface area contributed by atoms with Crippen molar-refractivity contribution in [2.75, 3.05) is 19.6 Å². The average Bonchev–Trinajstić information content (AvgIpc) is 3.24. The number of nitrogens with zero attached hydrogens (tertiary/aromatic N) is 4. The SMILES string of the molecule is N#Cc1cccc(CN2CCCC(CNC3=CC(c4[c-]cccc4)=Ic4c(Br)cnn43)C2)c1.[U]. The second-order valence-electron chi connectivity index (χ2n) is 8.38. The number of hydrogen-bond acceptors (Lipinski definition) is 4. The van der Waals surface area contributed by atoms with Gasteiger partial charge in [0.25, 0.3) is 0 Å². The molecule has 8 heteroatoms. The molecule has 172 valence electrons. The molecule has 2 aliphatic rings. The molecule has 1 unspecified atom stereocenters. The van der Waals surface area contributed by atoms with E-state index in [4.69, 9.17) is 0 Å². The van der Waals surface area contributed by atoms with Crippen LogP contribution in [0.4, 0.5) is 0 Å². The molecule has 0 spiro atoms. The van der Waals surface area contributed by atoms with Gasteiger partial charge in [0.2, 0.25) is 0 Å². The Labute approximate surface area is 242 Å². The van der Waals surface area contributed by atoms with Crippen molar-refractivity contribution >= 4 is 46.0 Å². The Balaban J connectivity index is 0.00000274. The number of piperidine rings is 1. The van der Waals surface area contributed by atoms with Crippen LogP contribution >= 0.6 is 36.7 Å². The van der Waals surface area contributed by atoms with Crippen LogP contribution in [0.3, 0.4) is 0 Å². The van der Waals surface area contributed by atoms with Crippen molar-refractivity contribution in [2.24, 2.45) is 5.92 Å². The summed E-state index contributed by atoms with van der Waals surface area (Å²) in [5.74, 6) is 1.62. The Morgan fingerprint density at radius 2 is 2.18 bits per heavy atom. The van der Waals surface area contributed by atoms with Gasteiger partial charge in [-0.15, -0.1) is 56.6 Å². The van der Waals surface area contributed by atoms with Crippen molar-refractivity contribution in [3.05, 3.63) is 91.7 Å². The average molecular weight is 851 g/mol. The van der Waals surface area contributed by atoms with Gasteiger partial charge in [0.05, 0.1) is 22.3 Å². The molecule has 1 saturated heterocycles. The van der Waals surface area contributed by atoms with Gasteiger partial charge in [-0.2, -0.15) is 10.4 Å². The predicted octanol–water partition coefficient (Wildman–Crippen LogP) is 4.99. The fourth-order valence-electron chi connectivity index (χ4n) is 4.38. The minimum Gasteiger partial charge on any atom is -0.370 e. The number of nitrogens with one attached hydrogen (secondary N) is 1. The molecule has 0 aliphatic carbocycles. The first-order valence-electron chi connectivity index (χ1n) is 11.1. The van der Waals surface area contributed by atoms with Gasteiger partial charge >= 0.3 is 0 Å². The molecule has 1 fully saturated rings. The number of hydrogen-bond donors (Lipinski definition) is 1. The minimum absolute atomic E-state index is 0. The molecule has 0 saturated carbocycles. The maximum atomic E-state index is 9.18. The van der Waals surface area contributed by atoms with Crippen LogP contribution < -0.4 is 5.32 Å². The summed E-state index contributed by atoms with van der Waals surface area (Å²) < 4.78 is 5.78. The molecule has 1 atom stereocenters. The normalized spacial score (nSPS) is 17.8. The summed E-state index contributed by atoms with van der Waals surface area (Å²) in [7, 11) is 0. The van der Waals surface area contributed by atoms with Crippen LogP contribution in [0.1, 0.15) is 29.5 Å². The van der Waals surface area contributed by atoms with E-state index in [0.717, 1.165) is 42.0 Å². The van der Waals surface area contributed by atoms with E-state index in [2.05, 4.69) is 72.3 Å². The van der Waals surface area contributed by atoms with Crippen LogP contribution in [-0.2, 0) is 6.54 Å². The number of aromatic nitrogens is 2. The van der Waals surface area contributed by atoms with Crippen LogP contribution in [0.25, 0.3) is 5.82 Å². The van der Waals surface area contributed by atoms with Gasteiger partial charge in [-0.05, 0) is 65.0 Å². The van der Waals surface area contributed by atoms with Gasteiger partial charge in [0.1, 0.15) is 9.52 Å². The van der Waals surface area contributed by atoms with Crippen molar-refractivity contribution in [3.63, 3.8) is 0 Å². The number of rotatable bonds is 6. The second-order valence-corrected chi connectivity index (χ2v) is 12.0. The van der Waals surface area contributed by atoms with Crippen molar-refractivity contribution < 1.29 is 31.1 Å². The smallest absolute Gasteiger partial charge is 0.120 e. The Bertz CT molecular complexity index is 1250. The molecular formula is C26H24BrIN5U-. The van der Waals surface area contributed by atoms with E-state index in [1.807, 2.05) is 36.5 Å². The van der Waals surface area contributed by atoms with Crippen LogP contribution in [0, 0.1) is 58.1 Å². The van der Waals surface area contributed by atoms with Crippen molar-refractivity contribution in [1.29, 1.82) is 5.26 Å². The summed E-state index contributed by atoms with van der Waals surface area (Å²) >= 11 is 3.36. The third-order valence-corrected chi connectivity index (χ3v) is 10.3. The summed E-state index contributed by atoms with van der Waals surface area (Å²) in [5, 5.41) is 17.5. The molecule has 2 aromatic carbocycles. The molecule has 3 heterocycles. The van der Waals surface area contributed by atoms with Gasteiger partial charge in [0.15, 0.2) is 0 Å². The summed E-state index contributed by atoms with van der Waals surface area (Å²) in [6, 6.07) is 21.8. The van der Waals surface area contributed by atoms with Crippen molar-refractivity contribution in [3.8, 4) is 6.07 Å². The van der Waals surface area contributed by atoms with Crippen LogP contribution in [0.5, 0.6) is 0 Å². The zero-order chi connectivity index (χ0) is 22.6. The van der Waals surface area contributed by atoms with Gasteiger partial charge < -0.3 is 5.32 Å². The Kier molecular flexibility index (Phi) is 9.23. The first-order chi connectivity index (χ1) is 16.2. The number of halogens is 2. The third-order valence-electron chi connectivity index (χ3n) is 5.96. The molecule has 2 aliphatic heterocycles. The largest absolute Gasteiger partial charge is 0.370 e. The zero-order valence-corrected chi connectivity index (χ0v) is 26.5. The maximum Gasteiger partial charge on any atom is 0.120 e. The number of allylic oxidation sites excluding steroid dienone is 1. The summed E-state index contributed by atoms with van der Waals surface area (Å²) in [4.78, 5) is 2.51. The third kappa shape index (κ3) is 6.12. The van der Waals surface area contributed by atoms with Crippen LogP contribution in [0.2, 0.25) is 0 Å². The molecule has 0 bridgehead atoms. The quantitative estimate of drug-likeness (QED) is 0.281. The van der Waals surface area contributed by atoms with Crippen LogP contribution in [0.15, 0.2) is 65.3 Å². The fourth-order valence-corrected chi connectivity index (χ4v) is 7.77. The van der Waals surface area contributed by atoms with Gasteiger partial charge in [-0.1, -0.05) is 15.6 Å². The Morgan fingerprint density at radius 3 is 3.00 bits per heavy atom. The Morgan fingerprint density at radius 1 is 1.26 bits per heavy atom. The van der Waals surface area contributed by atoms with Gasteiger partial charge in [-0.3, -0.25) is 4.90 Å². The molecule has 1 N–H and O–H groups in total. The number of nitriles is 1. The molecular weight excluding hydrogens is 827 g/mol. The van der Waals surface area contributed by atoms with E-state index in [1.165, 1.54) is 31.2 Å². The van der Waals surface area contributed by atoms with Crippen molar-refractivity contribution in [2.45, 2.75) is 19.4 Å². The van der Waals surface area contributed by atoms with Crippen LogP contribution in [-0.4, -0.2) is 37.8 Å². The fraction of sp³-hybridized carbons (Fsp3) is 0.269. The van der Waals surface area contributed by atoms with E-state index >= 15 is 0 Å². The molecule has 3 aromatic rings. The zero-order valence-electron chi connectivity index (χ0n) is 18.6. The van der Waals surface area contributed by atoms with Crippen molar-refractivity contribution in [1.82, 2.24) is 20.0 Å². The van der Waals surface area contributed by atoms with E-state index in [1.54, 1.807) is 0 Å². The molecule has 5 rings (SSSR count). The standard InChI is InChI=1S/C26H24BrIN5.U/c27-23-16-31-33-25(13-24(28-26(23)33)22-9-2-1-3-10-22)30-15-21-8-5-11-32(18-21)17-20-7-4-6-19(12-20)14-29;/h1-4,6-7,9,12-13,16,21,30H,5,8,11,15,17-18H2;/q-1;. The first-order valence-corrected chi connectivity index (χ1v) is 14.0. The first kappa shape index (κ1) is 25.9. The number of benzene rings is 2. The minimum atomic E-state index is -0.337. The number of likely N-dealkylation sites (tertiary alicyclic amines) is 1. The second kappa shape index (κ2) is 12.1.